The summed E-state index contributed by atoms with van der Waals surface area (Å²) in [7, 11) is 0. The Balaban J connectivity index is 2.12. The second kappa shape index (κ2) is 5.43. The first-order valence-corrected chi connectivity index (χ1v) is 5.65. The van der Waals surface area contributed by atoms with Gasteiger partial charge < -0.3 is 5.32 Å². The normalized spacial score (nSPS) is 10.2. The minimum atomic E-state index is -0.638. The lowest BCUT2D eigenvalue weighted by molar-refractivity contribution is -0.385. The van der Waals surface area contributed by atoms with E-state index in [1.807, 2.05) is 13.0 Å². The molecule has 0 saturated heterocycles. The Labute approximate surface area is 109 Å². The Morgan fingerprint density at radius 2 is 2.21 bits per heavy atom. The van der Waals surface area contributed by atoms with Crippen molar-refractivity contribution in [1.29, 1.82) is 0 Å². The highest BCUT2D eigenvalue weighted by molar-refractivity contribution is 5.50. The molecule has 0 fully saturated rings. The minimum Gasteiger partial charge on any atom is -0.379 e. The van der Waals surface area contributed by atoms with E-state index in [1.165, 1.54) is 12.1 Å². The van der Waals surface area contributed by atoms with E-state index in [4.69, 9.17) is 0 Å². The Morgan fingerprint density at radius 3 is 2.84 bits per heavy atom. The zero-order valence-electron chi connectivity index (χ0n) is 10.3. The van der Waals surface area contributed by atoms with Gasteiger partial charge >= 0.3 is 0 Å². The maximum absolute atomic E-state index is 13.6. The largest absolute Gasteiger partial charge is 0.379 e. The van der Waals surface area contributed by atoms with E-state index in [-0.39, 0.29) is 11.4 Å². The Bertz CT molecular complexity index is 617. The van der Waals surface area contributed by atoms with Gasteiger partial charge in [-0.3, -0.25) is 15.1 Å². The number of hydrogen-bond acceptors (Lipinski definition) is 4. The molecule has 0 aliphatic heterocycles. The first-order valence-electron chi connectivity index (χ1n) is 5.65. The maximum Gasteiger partial charge on any atom is 0.272 e. The van der Waals surface area contributed by atoms with Crippen LogP contribution in [0, 0.1) is 22.9 Å². The molecule has 0 aliphatic rings. The molecule has 19 heavy (non-hydrogen) atoms. The fourth-order valence-corrected chi connectivity index (χ4v) is 1.65. The second-order valence-corrected chi connectivity index (χ2v) is 4.08. The van der Waals surface area contributed by atoms with Crippen LogP contribution in [0.4, 0.5) is 15.8 Å². The third-order valence-electron chi connectivity index (χ3n) is 2.77. The number of halogens is 1. The van der Waals surface area contributed by atoms with Crippen molar-refractivity contribution >= 4 is 11.4 Å². The number of rotatable bonds is 4. The smallest absolute Gasteiger partial charge is 0.272 e. The van der Waals surface area contributed by atoms with Gasteiger partial charge in [-0.2, -0.15) is 0 Å². The molecule has 5 nitrogen and oxygen atoms in total. The summed E-state index contributed by atoms with van der Waals surface area (Å²) < 4.78 is 13.6. The predicted molar refractivity (Wildman–Crippen MR) is 69.4 cm³/mol. The molecular weight excluding hydrogens is 249 g/mol. The fourth-order valence-electron chi connectivity index (χ4n) is 1.65. The number of pyridine rings is 1. The Hall–Kier alpha value is -2.50. The van der Waals surface area contributed by atoms with Gasteiger partial charge in [0.25, 0.3) is 5.69 Å². The van der Waals surface area contributed by atoms with E-state index < -0.39 is 10.7 Å². The van der Waals surface area contributed by atoms with Gasteiger partial charge in [-0.1, -0.05) is 0 Å². The van der Waals surface area contributed by atoms with Crippen molar-refractivity contribution in [2.24, 2.45) is 0 Å². The molecule has 0 saturated carbocycles. The van der Waals surface area contributed by atoms with Crippen LogP contribution in [0.2, 0.25) is 0 Å². The van der Waals surface area contributed by atoms with Crippen LogP contribution in [0.15, 0.2) is 36.7 Å². The standard InChI is InChI=1S/C13H12FN3O2/c1-9-7-15-5-4-10(9)8-16-13-3-2-11(17(18)19)6-12(13)14/h2-7,16H,8H2,1H3. The quantitative estimate of drug-likeness (QED) is 0.678. The zero-order valence-corrected chi connectivity index (χ0v) is 10.3. The topological polar surface area (TPSA) is 68.1 Å². The van der Waals surface area contributed by atoms with Crippen LogP contribution in [0.1, 0.15) is 11.1 Å². The van der Waals surface area contributed by atoms with E-state index in [1.54, 1.807) is 12.4 Å². The first kappa shape index (κ1) is 12.9. The summed E-state index contributed by atoms with van der Waals surface area (Å²) in [6, 6.07) is 5.38. The third-order valence-corrected chi connectivity index (χ3v) is 2.77. The van der Waals surface area contributed by atoms with Crippen LogP contribution in [0.25, 0.3) is 0 Å². The summed E-state index contributed by atoms with van der Waals surface area (Å²) in [4.78, 5) is 13.8. The van der Waals surface area contributed by atoms with Gasteiger partial charge in [0, 0.05) is 25.0 Å². The molecule has 1 heterocycles. The number of aryl methyl sites for hydroxylation is 1. The molecule has 0 unspecified atom stereocenters. The van der Waals surface area contributed by atoms with E-state index >= 15 is 0 Å². The van der Waals surface area contributed by atoms with E-state index in [2.05, 4.69) is 10.3 Å². The van der Waals surface area contributed by atoms with Crippen molar-refractivity contribution in [2.45, 2.75) is 13.5 Å². The molecule has 2 aromatic rings. The molecule has 6 heteroatoms. The molecule has 1 N–H and O–H groups in total. The maximum atomic E-state index is 13.6. The molecular formula is C13H12FN3O2. The van der Waals surface area contributed by atoms with Crippen LogP contribution in [-0.2, 0) is 6.54 Å². The molecule has 0 bridgehead atoms. The van der Waals surface area contributed by atoms with Gasteiger partial charge in [-0.15, -0.1) is 0 Å². The number of nitrogens with zero attached hydrogens (tertiary/aromatic N) is 2. The molecule has 1 aromatic heterocycles. The summed E-state index contributed by atoms with van der Waals surface area (Å²) in [6.45, 7) is 2.35. The number of non-ortho nitro benzene ring substituents is 1. The van der Waals surface area contributed by atoms with Crippen molar-refractivity contribution in [1.82, 2.24) is 4.98 Å². The van der Waals surface area contributed by atoms with Gasteiger partial charge in [0.05, 0.1) is 16.7 Å². The average molecular weight is 261 g/mol. The molecule has 0 amide bonds. The zero-order chi connectivity index (χ0) is 13.8. The summed E-state index contributed by atoms with van der Waals surface area (Å²) >= 11 is 0. The fraction of sp³-hybridized carbons (Fsp3) is 0.154. The van der Waals surface area contributed by atoms with Gasteiger partial charge in [-0.05, 0) is 30.2 Å². The predicted octanol–water partition coefficient (Wildman–Crippen LogP) is 3.05. The van der Waals surface area contributed by atoms with Crippen LogP contribution in [0.5, 0.6) is 0 Å². The van der Waals surface area contributed by atoms with E-state index in [9.17, 15) is 14.5 Å². The van der Waals surface area contributed by atoms with E-state index in [0.717, 1.165) is 17.2 Å². The highest BCUT2D eigenvalue weighted by Gasteiger charge is 2.10. The average Bonchev–Trinajstić information content (AvgIpc) is 2.39. The Morgan fingerprint density at radius 1 is 1.42 bits per heavy atom. The highest BCUT2D eigenvalue weighted by atomic mass is 19.1. The van der Waals surface area contributed by atoms with Crippen LogP contribution < -0.4 is 5.32 Å². The second-order valence-electron chi connectivity index (χ2n) is 4.08. The van der Waals surface area contributed by atoms with Crippen molar-refractivity contribution in [3.05, 3.63) is 63.7 Å². The SMILES string of the molecule is Cc1cnccc1CNc1ccc([N+](=O)[O-])cc1F. The molecule has 0 atom stereocenters. The monoisotopic (exact) mass is 261 g/mol. The number of nitro groups is 1. The van der Waals surface area contributed by atoms with Crippen LogP contribution >= 0.6 is 0 Å². The Kier molecular flexibility index (Phi) is 3.70. The van der Waals surface area contributed by atoms with Crippen molar-refractivity contribution in [3.63, 3.8) is 0 Å². The van der Waals surface area contributed by atoms with Crippen LogP contribution in [0.3, 0.4) is 0 Å². The number of hydrogen-bond donors (Lipinski definition) is 1. The number of anilines is 1. The first-order chi connectivity index (χ1) is 9.08. The summed E-state index contributed by atoms with van der Waals surface area (Å²) in [6.07, 6.45) is 3.39. The number of benzene rings is 1. The number of aromatic nitrogens is 1. The molecule has 0 spiro atoms. The van der Waals surface area contributed by atoms with Crippen molar-refractivity contribution < 1.29 is 9.31 Å². The molecule has 98 valence electrons. The molecule has 0 radical (unpaired) electrons. The van der Waals surface area contributed by atoms with Gasteiger partial charge in [0.2, 0.25) is 0 Å². The molecule has 2 rings (SSSR count). The van der Waals surface area contributed by atoms with Crippen LogP contribution in [-0.4, -0.2) is 9.91 Å². The van der Waals surface area contributed by atoms with Gasteiger partial charge in [0.1, 0.15) is 0 Å². The number of nitrogens with one attached hydrogen (secondary N) is 1. The summed E-state index contributed by atoms with van der Waals surface area (Å²) in [5.74, 6) is -0.638. The minimum absolute atomic E-state index is 0.238. The summed E-state index contributed by atoms with van der Waals surface area (Å²) in [5, 5.41) is 13.4. The highest BCUT2D eigenvalue weighted by Crippen LogP contribution is 2.21. The number of nitro benzene ring substituents is 1. The van der Waals surface area contributed by atoms with Crippen molar-refractivity contribution in [2.75, 3.05) is 5.32 Å². The lowest BCUT2D eigenvalue weighted by Crippen LogP contribution is -2.03. The third kappa shape index (κ3) is 3.04. The summed E-state index contributed by atoms with van der Waals surface area (Å²) in [5.41, 5.74) is 1.97. The van der Waals surface area contributed by atoms with E-state index in [0.29, 0.717) is 6.54 Å². The molecule has 1 aromatic carbocycles. The lowest BCUT2D eigenvalue weighted by atomic mass is 10.1. The van der Waals surface area contributed by atoms with Crippen molar-refractivity contribution in [3.8, 4) is 0 Å². The van der Waals surface area contributed by atoms with Gasteiger partial charge in [0.15, 0.2) is 5.82 Å². The molecule has 0 aliphatic carbocycles. The lowest BCUT2D eigenvalue weighted by Gasteiger charge is -2.09. The van der Waals surface area contributed by atoms with Gasteiger partial charge in [-0.25, -0.2) is 4.39 Å².